The monoisotopic (exact) mass is 270 g/mol. The van der Waals surface area contributed by atoms with Gasteiger partial charge in [0.1, 0.15) is 6.07 Å². The molecule has 0 fully saturated rings. The number of ether oxygens (including phenoxy) is 1. The zero-order valence-electron chi connectivity index (χ0n) is 11.3. The van der Waals surface area contributed by atoms with E-state index >= 15 is 0 Å². The van der Waals surface area contributed by atoms with Crippen LogP contribution >= 0.6 is 0 Å². The third-order valence-corrected chi connectivity index (χ3v) is 2.99. The third kappa shape index (κ3) is 2.67. The maximum absolute atomic E-state index is 11.3. The summed E-state index contributed by atoms with van der Waals surface area (Å²) in [5.74, 6) is -0.363. The quantitative estimate of drug-likeness (QED) is 0.787. The minimum absolute atomic E-state index is 0.360. The SMILES string of the molecule is CCc1c(C#N)nnn1Cc1ccc(C(=O)OC)cc1. The van der Waals surface area contributed by atoms with Gasteiger partial charge in [-0.25, -0.2) is 9.48 Å². The minimum Gasteiger partial charge on any atom is -0.465 e. The molecule has 0 unspecified atom stereocenters. The molecule has 0 amide bonds. The standard InChI is InChI=1S/C14H14N4O2/c1-3-13-12(8-15)16-17-18(13)9-10-4-6-11(7-5-10)14(19)20-2/h4-7H,3,9H2,1-2H3. The molecule has 0 aliphatic heterocycles. The Kier molecular flexibility index (Phi) is 4.11. The zero-order chi connectivity index (χ0) is 14.5. The van der Waals surface area contributed by atoms with Gasteiger partial charge in [-0.3, -0.25) is 0 Å². The summed E-state index contributed by atoms with van der Waals surface area (Å²) in [5, 5.41) is 16.8. The smallest absolute Gasteiger partial charge is 0.337 e. The van der Waals surface area contributed by atoms with Crippen LogP contribution in [0.25, 0.3) is 0 Å². The van der Waals surface area contributed by atoms with Gasteiger partial charge >= 0.3 is 5.97 Å². The zero-order valence-corrected chi connectivity index (χ0v) is 11.3. The lowest BCUT2D eigenvalue weighted by Gasteiger charge is -2.06. The average molecular weight is 270 g/mol. The van der Waals surface area contributed by atoms with Crippen molar-refractivity contribution in [2.24, 2.45) is 0 Å². The lowest BCUT2D eigenvalue weighted by Crippen LogP contribution is -2.07. The second-order valence-corrected chi connectivity index (χ2v) is 4.20. The van der Waals surface area contributed by atoms with Crippen LogP contribution in [-0.2, 0) is 17.7 Å². The number of carbonyl (C=O) groups is 1. The highest BCUT2D eigenvalue weighted by Crippen LogP contribution is 2.11. The first-order valence-corrected chi connectivity index (χ1v) is 6.19. The molecule has 2 aromatic rings. The number of nitrogens with zero attached hydrogens (tertiary/aromatic N) is 4. The Hall–Kier alpha value is -2.68. The van der Waals surface area contributed by atoms with Crippen molar-refractivity contribution in [3.8, 4) is 6.07 Å². The Labute approximate surface area is 116 Å². The number of carbonyl (C=O) groups excluding carboxylic acids is 1. The van der Waals surface area contributed by atoms with Gasteiger partial charge in [0.25, 0.3) is 0 Å². The Morgan fingerprint density at radius 2 is 2.10 bits per heavy atom. The number of esters is 1. The largest absolute Gasteiger partial charge is 0.465 e. The molecule has 6 heteroatoms. The number of hydrogen-bond donors (Lipinski definition) is 0. The third-order valence-electron chi connectivity index (χ3n) is 2.99. The molecular weight excluding hydrogens is 256 g/mol. The molecular formula is C14H14N4O2. The summed E-state index contributed by atoms with van der Waals surface area (Å²) in [5.41, 5.74) is 2.65. The Bertz CT molecular complexity index is 653. The summed E-state index contributed by atoms with van der Waals surface area (Å²) in [7, 11) is 1.35. The summed E-state index contributed by atoms with van der Waals surface area (Å²) in [6.07, 6.45) is 0.691. The van der Waals surface area contributed by atoms with Gasteiger partial charge in [-0.2, -0.15) is 5.26 Å². The molecule has 0 bridgehead atoms. The van der Waals surface area contributed by atoms with E-state index in [1.807, 2.05) is 25.1 Å². The van der Waals surface area contributed by atoms with Crippen molar-refractivity contribution < 1.29 is 9.53 Å². The molecule has 0 atom stereocenters. The fraction of sp³-hybridized carbons (Fsp3) is 0.286. The van der Waals surface area contributed by atoms with Crippen molar-refractivity contribution in [2.45, 2.75) is 19.9 Å². The van der Waals surface area contributed by atoms with Crippen LogP contribution in [0.3, 0.4) is 0 Å². The molecule has 20 heavy (non-hydrogen) atoms. The van der Waals surface area contributed by atoms with Crippen molar-refractivity contribution in [3.63, 3.8) is 0 Å². The number of nitriles is 1. The van der Waals surface area contributed by atoms with E-state index in [1.54, 1.807) is 16.8 Å². The lowest BCUT2D eigenvalue weighted by molar-refractivity contribution is 0.0600. The van der Waals surface area contributed by atoms with Crippen molar-refractivity contribution in [1.29, 1.82) is 5.26 Å². The van der Waals surface area contributed by atoms with Gasteiger partial charge in [0.15, 0.2) is 5.69 Å². The van der Waals surface area contributed by atoms with E-state index in [4.69, 9.17) is 5.26 Å². The van der Waals surface area contributed by atoms with Crippen LogP contribution in [0.4, 0.5) is 0 Å². The molecule has 0 saturated heterocycles. The summed E-state index contributed by atoms with van der Waals surface area (Å²) < 4.78 is 6.35. The van der Waals surface area contributed by atoms with Crippen LogP contribution in [0.5, 0.6) is 0 Å². The van der Waals surface area contributed by atoms with Crippen LogP contribution in [0, 0.1) is 11.3 Å². The van der Waals surface area contributed by atoms with Gasteiger partial charge in [0, 0.05) is 0 Å². The molecule has 0 aliphatic carbocycles. The number of benzene rings is 1. The van der Waals surface area contributed by atoms with E-state index in [0.29, 0.717) is 24.2 Å². The predicted molar refractivity (Wildman–Crippen MR) is 71.0 cm³/mol. The Morgan fingerprint density at radius 1 is 1.40 bits per heavy atom. The summed E-state index contributed by atoms with van der Waals surface area (Å²) in [6.45, 7) is 2.47. The fourth-order valence-corrected chi connectivity index (χ4v) is 1.93. The van der Waals surface area contributed by atoms with Crippen LogP contribution < -0.4 is 0 Å². The molecule has 6 nitrogen and oxygen atoms in total. The fourth-order valence-electron chi connectivity index (χ4n) is 1.93. The highest BCUT2D eigenvalue weighted by Gasteiger charge is 2.11. The van der Waals surface area contributed by atoms with Gasteiger partial charge in [-0.1, -0.05) is 24.3 Å². The minimum atomic E-state index is -0.363. The van der Waals surface area contributed by atoms with E-state index in [2.05, 4.69) is 15.0 Å². The average Bonchev–Trinajstić information content (AvgIpc) is 2.89. The first-order valence-electron chi connectivity index (χ1n) is 6.19. The van der Waals surface area contributed by atoms with Crippen LogP contribution in [0.15, 0.2) is 24.3 Å². The molecule has 0 aliphatic rings. The highest BCUT2D eigenvalue weighted by molar-refractivity contribution is 5.89. The van der Waals surface area contributed by atoms with Gasteiger partial charge < -0.3 is 4.74 Å². The Morgan fingerprint density at radius 3 is 2.65 bits per heavy atom. The summed E-state index contributed by atoms with van der Waals surface area (Å²) in [6, 6.07) is 9.10. The second kappa shape index (κ2) is 5.97. The van der Waals surface area contributed by atoms with E-state index in [-0.39, 0.29) is 5.97 Å². The van der Waals surface area contributed by atoms with Crippen molar-refractivity contribution in [3.05, 3.63) is 46.8 Å². The number of rotatable bonds is 4. The predicted octanol–water partition coefficient (Wildman–Crippen LogP) is 1.55. The van der Waals surface area contributed by atoms with Gasteiger partial charge in [-0.05, 0) is 24.1 Å². The molecule has 0 radical (unpaired) electrons. The maximum atomic E-state index is 11.3. The van der Waals surface area contributed by atoms with Crippen LogP contribution in [-0.4, -0.2) is 28.1 Å². The molecule has 0 spiro atoms. The number of aromatic nitrogens is 3. The van der Waals surface area contributed by atoms with Crippen molar-refractivity contribution >= 4 is 5.97 Å². The number of hydrogen-bond acceptors (Lipinski definition) is 5. The lowest BCUT2D eigenvalue weighted by atomic mass is 10.1. The van der Waals surface area contributed by atoms with Gasteiger partial charge in [0.05, 0.1) is 24.9 Å². The first kappa shape index (κ1) is 13.7. The summed E-state index contributed by atoms with van der Waals surface area (Å²) >= 11 is 0. The van der Waals surface area contributed by atoms with Crippen molar-refractivity contribution in [1.82, 2.24) is 15.0 Å². The second-order valence-electron chi connectivity index (χ2n) is 4.20. The molecule has 102 valence electrons. The first-order chi connectivity index (χ1) is 9.69. The molecule has 1 heterocycles. The molecule has 1 aromatic heterocycles. The molecule has 0 saturated carbocycles. The Balaban J connectivity index is 2.21. The summed E-state index contributed by atoms with van der Waals surface area (Å²) in [4.78, 5) is 11.3. The highest BCUT2D eigenvalue weighted by atomic mass is 16.5. The van der Waals surface area contributed by atoms with E-state index in [0.717, 1.165) is 11.3 Å². The van der Waals surface area contributed by atoms with E-state index in [9.17, 15) is 4.79 Å². The molecule has 0 N–H and O–H groups in total. The molecule has 1 aromatic carbocycles. The maximum Gasteiger partial charge on any atom is 0.337 e. The van der Waals surface area contributed by atoms with Crippen LogP contribution in [0.1, 0.15) is 34.2 Å². The molecule has 2 rings (SSSR count). The van der Waals surface area contributed by atoms with Gasteiger partial charge in [-0.15, -0.1) is 5.10 Å². The van der Waals surface area contributed by atoms with Crippen LogP contribution in [0.2, 0.25) is 0 Å². The van der Waals surface area contributed by atoms with E-state index in [1.165, 1.54) is 7.11 Å². The van der Waals surface area contributed by atoms with Crippen molar-refractivity contribution in [2.75, 3.05) is 7.11 Å². The topological polar surface area (TPSA) is 80.8 Å². The normalized spacial score (nSPS) is 10.1. The van der Waals surface area contributed by atoms with E-state index < -0.39 is 0 Å². The van der Waals surface area contributed by atoms with Gasteiger partial charge in [0.2, 0.25) is 0 Å². The number of methoxy groups -OCH3 is 1.